The van der Waals surface area contributed by atoms with Crippen LogP contribution in [0.4, 0.5) is 5.69 Å². The molecule has 5 nitrogen and oxygen atoms in total. The molecule has 3 N–H and O–H groups in total. The van der Waals surface area contributed by atoms with Crippen molar-refractivity contribution < 1.29 is 14.7 Å². The number of thiocarbonyl (C=S) groups is 1. The van der Waals surface area contributed by atoms with E-state index in [0.717, 1.165) is 10.1 Å². The van der Waals surface area contributed by atoms with Gasteiger partial charge in [-0.3, -0.25) is 10.1 Å². The predicted octanol–water partition coefficient (Wildman–Crippen LogP) is 5.69. The average Bonchev–Trinajstić information content (AvgIpc) is 2.94. The van der Waals surface area contributed by atoms with Gasteiger partial charge in [-0.25, -0.2) is 4.79 Å². The van der Waals surface area contributed by atoms with Gasteiger partial charge in [-0.1, -0.05) is 53.0 Å². The van der Waals surface area contributed by atoms with Crippen LogP contribution < -0.4 is 10.6 Å². The van der Waals surface area contributed by atoms with Gasteiger partial charge in [0.2, 0.25) is 0 Å². The first-order valence-electron chi connectivity index (χ1n) is 7.29. The van der Waals surface area contributed by atoms with Crippen molar-refractivity contribution in [2.24, 2.45) is 0 Å². The van der Waals surface area contributed by atoms with E-state index in [1.54, 1.807) is 0 Å². The van der Waals surface area contributed by atoms with E-state index < -0.39 is 11.9 Å². The minimum absolute atomic E-state index is 0.0290. The molecule has 1 amide bonds. The van der Waals surface area contributed by atoms with Crippen LogP contribution >= 0.6 is 58.4 Å². The van der Waals surface area contributed by atoms with Crippen molar-refractivity contribution in [1.82, 2.24) is 5.32 Å². The Kier molecular flexibility index (Phi) is 5.88. The van der Waals surface area contributed by atoms with E-state index in [1.807, 2.05) is 24.3 Å². The predicted molar refractivity (Wildman–Crippen MR) is 114 cm³/mol. The summed E-state index contributed by atoms with van der Waals surface area (Å²) < 4.78 is 0.862. The van der Waals surface area contributed by atoms with Gasteiger partial charge in [0, 0.05) is 15.1 Å². The zero-order chi connectivity index (χ0) is 19.7. The minimum Gasteiger partial charge on any atom is -0.478 e. The summed E-state index contributed by atoms with van der Waals surface area (Å²) in [5, 5.41) is 15.6. The number of aromatic carboxylic acids is 1. The van der Waals surface area contributed by atoms with Crippen molar-refractivity contribution in [1.29, 1.82) is 0 Å². The second-order valence-corrected chi connectivity index (χ2v) is 7.95. The third kappa shape index (κ3) is 4.17. The minimum atomic E-state index is -1.25. The Labute approximate surface area is 177 Å². The summed E-state index contributed by atoms with van der Waals surface area (Å²) in [5.41, 5.74) is -0.148. The maximum Gasteiger partial charge on any atom is 0.337 e. The number of fused-ring (bicyclic) bond motifs is 1. The molecule has 3 aromatic rings. The number of carbonyl (C=O) groups is 2. The van der Waals surface area contributed by atoms with Crippen molar-refractivity contribution in [2.45, 2.75) is 0 Å². The molecule has 1 heterocycles. The second kappa shape index (κ2) is 8.00. The zero-order valence-corrected chi connectivity index (χ0v) is 17.1. The monoisotopic (exact) mass is 458 g/mol. The first-order valence-corrected chi connectivity index (χ1v) is 9.65. The number of hydrogen-bond acceptors (Lipinski definition) is 4. The number of carbonyl (C=O) groups excluding carboxylic acids is 1. The maximum atomic E-state index is 12.5. The van der Waals surface area contributed by atoms with E-state index in [9.17, 15) is 14.7 Å². The van der Waals surface area contributed by atoms with Gasteiger partial charge in [-0.15, -0.1) is 11.3 Å². The maximum absolute atomic E-state index is 12.5. The summed E-state index contributed by atoms with van der Waals surface area (Å²) in [6.45, 7) is 0. The molecular formula is C17H9Cl3N2O3S2. The summed E-state index contributed by atoms with van der Waals surface area (Å²) in [6, 6.07) is 9.93. The van der Waals surface area contributed by atoms with Gasteiger partial charge < -0.3 is 10.4 Å². The van der Waals surface area contributed by atoms with Crippen molar-refractivity contribution in [2.75, 3.05) is 5.32 Å². The molecule has 0 unspecified atom stereocenters. The first kappa shape index (κ1) is 19.9. The Bertz CT molecular complexity index is 1100. The standard InChI is InChI=1S/C17H9Cl3N2O3S2/c18-7-5-9(16(24)25)13(10(19)6-7)21-17(26)22-15(23)14-12(20)8-3-1-2-4-11(8)27-14/h1-6H,(H,24,25)(H2,21,22,23,26). The topological polar surface area (TPSA) is 78.4 Å². The van der Waals surface area contributed by atoms with Crippen LogP contribution in [0.25, 0.3) is 10.1 Å². The van der Waals surface area contributed by atoms with Crippen molar-refractivity contribution in [3.63, 3.8) is 0 Å². The molecule has 0 atom stereocenters. The average molecular weight is 460 g/mol. The van der Waals surface area contributed by atoms with Crippen molar-refractivity contribution in [3.8, 4) is 0 Å². The number of rotatable bonds is 3. The lowest BCUT2D eigenvalue weighted by Crippen LogP contribution is -2.34. The Morgan fingerprint density at radius 2 is 1.81 bits per heavy atom. The number of anilines is 1. The third-order valence-corrected chi connectivity index (χ3v) is 5.89. The molecular weight excluding hydrogens is 451 g/mol. The number of benzene rings is 2. The van der Waals surface area contributed by atoms with Gasteiger partial charge in [-0.2, -0.15) is 0 Å². The van der Waals surface area contributed by atoms with Gasteiger partial charge in [0.15, 0.2) is 5.11 Å². The van der Waals surface area contributed by atoms with E-state index in [1.165, 1.54) is 23.5 Å². The number of carboxylic acid groups (broad SMARTS) is 1. The second-order valence-electron chi connectivity index (χ2n) is 5.26. The molecule has 0 spiro atoms. The highest BCUT2D eigenvalue weighted by Gasteiger charge is 2.20. The highest BCUT2D eigenvalue weighted by atomic mass is 35.5. The Balaban J connectivity index is 1.83. The highest BCUT2D eigenvalue weighted by Crippen LogP contribution is 2.35. The normalized spacial score (nSPS) is 10.6. The number of hydrogen-bond donors (Lipinski definition) is 3. The first-order chi connectivity index (χ1) is 12.8. The number of thiophene rings is 1. The molecule has 0 aliphatic heterocycles. The zero-order valence-electron chi connectivity index (χ0n) is 13.2. The highest BCUT2D eigenvalue weighted by molar-refractivity contribution is 7.80. The van der Waals surface area contributed by atoms with Gasteiger partial charge in [0.05, 0.1) is 21.3 Å². The molecule has 10 heteroatoms. The molecule has 0 saturated heterocycles. The van der Waals surface area contributed by atoms with Crippen LogP contribution in [0.2, 0.25) is 15.1 Å². The summed E-state index contributed by atoms with van der Waals surface area (Å²) >= 11 is 24.5. The van der Waals surface area contributed by atoms with Crippen LogP contribution in [0.3, 0.4) is 0 Å². The van der Waals surface area contributed by atoms with Gasteiger partial charge in [-0.05, 0) is 30.4 Å². The Morgan fingerprint density at radius 3 is 2.48 bits per heavy atom. The molecule has 138 valence electrons. The van der Waals surface area contributed by atoms with Crippen LogP contribution in [-0.4, -0.2) is 22.1 Å². The number of halogens is 3. The molecule has 0 radical (unpaired) electrons. The fourth-order valence-electron chi connectivity index (χ4n) is 2.33. The van der Waals surface area contributed by atoms with Crippen LogP contribution in [-0.2, 0) is 0 Å². The van der Waals surface area contributed by atoms with Crippen LogP contribution in [0.15, 0.2) is 36.4 Å². The van der Waals surface area contributed by atoms with E-state index in [4.69, 9.17) is 47.0 Å². The fraction of sp³-hybridized carbons (Fsp3) is 0. The van der Waals surface area contributed by atoms with Gasteiger partial charge in [0.25, 0.3) is 5.91 Å². The third-order valence-electron chi connectivity index (χ3n) is 3.49. The molecule has 1 aromatic heterocycles. The summed E-state index contributed by atoms with van der Waals surface area (Å²) in [5.74, 6) is -1.76. The molecule has 2 aromatic carbocycles. The van der Waals surface area contributed by atoms with Gasteiger partial charge >= 0.3 is 5.97 Å². The molecule has 3 rings (SSSR count). The lowest BCUT2D eigenvalue weighted by molar-refractivity contribution is 0.0697. The van der Waals surface area contributed by atoms with Crippen LogP contribution in [0.5, 0.6) is 0 Å². The van der Waals surface area contributed by atoms with Crippen LogP contribution in [0.1, 0.15) is 20.0 Å². The number of carboxylic acids is 1. The smallest absolute Gasteiger partial charge is 0.337 e. The summed E-state index contributed by atoms with van der Waals surface area (Å²) in [7, 11) is 0. The Hall–Kier alpha value is -1.90. The summed E-state index contributed by atoms with van der Waals surface area (Å²) in [6.07, 6.45) is 0. The SMILES string of the molecule is O=C(O)c1cc(Cl)cc(Cl)c1NC(=S)NC(=O)c1sc2ccccc2c1Cl. The number of amides is 1. The summed E-state index contributed by atoms with van der Waals surface area (Å²) in [4.78, 5) is 24.2. The van der Waals surface area contributed by atoms with Gasteiger partial charge in [0.1, 0.15) is 4.88 Å². The Morgan fingerprint density at radius 1 is 1.11 bits per heavy atom. The van der Waals surface area contributed by atoms with E-state index >= 15 is 0 Å². The van der Waals surface area contributed by atoms with Crippen LogP contribution in [0, 0.1) is 0 Å². The van der Waals surface area contributed by atoms with E-state index in [0.29, 0.717) is 9.90 Å². The quantitative estimate of drug-likeness (QED) is 0.439. The lowest BCUT2D eigenvalue weighted by atomic mass is 10.2. The molecule has 0 saturated carbocycles. The van der Waals surface area contributed by atoms with Crippen molar-refractivity contribution >= 4 is 91.1 Å². The fourth-order valence-corrected chi connectivity index (χ4v) is 4.48. The molecule has 0 aliphatic rings. The lowest BCUT2D eigenvalue weighted by Gasteiger charge is -2.13. The molecule has 0 bridgehead atoms. The van der Waals surface area contributed by atoms with E-state index in [-0.39, 0.29) is 26.4 Å². The largest absolute Gasteiger partial charge is 0.478 e. The molecule has 27 heavy (non-hydrogen) atoms. The number of nitrogens with one attached hydrogen (secondary N) is 2. The van der Waals surface area contributed by atoms with Crippen molar-refractivity contribution in [3.05, 3.63) is 61.9 Å². The van der Waals surface area contributed by atoms with E-state index in [2.05, 4.69) is 10.6 Å². The molecule has 0 aliphatic carbocycles. The molecule has 0 fully saturated rings.